The number of thiazole rings is 1. The summed E-state index contributed by atoms with van der Waals surface area (Å²) in [4.78, 5) is 47.5. The molecule has 2 amide bonds. The van der Waals surface area contributed by atoms with Crippen molar-refractivity contribution >= 4 is 34.8 Å². The first-order valence-electron chi connectivity index (χ1n) is 8.67. The van der Waals surface area contributed by atoms with Crippen LogP contribution in [-0.4, -0.2) is 35.0 Å². The Morgan fingerprint density at radius 3 is 2.39 bits per heavy atom. The Bertz CT molecular complexity index is 927. The molecule has 2 aromatic rings. The Hall–Kier alpha value is -2.94. The van der Waals surface area contributed by atoms with E-state index >= 15 is 0 Å². The quantitative estimate of drug-likeness (QED) is 0.680. The zero-order valence-corrected chi connectivity index (χ0v) is 17.0. The maximum Gasteiger partial charge on any atom is 0.326 e. The maximum atomic E-state index is 12.1. The summed E-state index contributed by atoms with van der Waals surface area (Å²) in [5, 5.41) is 6.83. The van der Waals surface area contributed by atoms with Crippen molar-refractivity contribution in [2.75, 3.05) is 11.9 Å². The van der Waals surface area contributed by atoms with Gasteiger partial charge in [0.1, 0.15) is 6.54 Å². The molecule has 1 heterocycles. The highest BCUT2D eigenvalue weighted by molar-refractivity contribution is 7.07. The number of nitrogens with zero attached hydrogens (tertiary/aromatic N) is 1. The number of carbonyl (C=O) groups is 3. The number of nitrogens with one attached hydrogen (secondary N) is 2. The Balaban J connectivity index is 1.82. The van der Waals surface area contributed by atoms with Crippen LogP contribution in [0.25, 0.3) is 0 Å². The van der Waals surface area contributed by atoms with E-state index in [-0.39, 0.29) is 23.9 Å². The van der Waals surface area contributed by atoms with Gasteiger partial charge in [-0.3, -0.25) is 23.7 Å². The summed E-state index contributed by atoms with van der Waals surface area (Å²) in [7, 11) is 0. The fourth-order valence-electron chi connectivity index (χ4n) is 2.52. The van der Waals surface area contributed by atoms with Gasteiger partial charge in [-0.15, -0.1) is 0 Å². The number of aryl methyl sites for hydroxylation is 3. The SMILES string of the molecule is Cc1cccc(C)c1NC(=O)CNC(=O)[C@@H](C)OC(=O)Cn1c(C)csc1=O. The first-order valence-corrected chi connectivity index (χ1v) is 9.55. The normalized spacial score (nSPS) is 11.6. The number of amides is 2. The standard InChI is InChI=1S/C19H23N3O5S/c1-11-6-5-7-12(2)17(11)21-15(23)8-20-18(25)14(4)27-16(24)9-22-13(3)10-28-19(22)26/h5-7,10,14H,8-9H2,1-4H3,(H,20,25)(H,21,23)/t14-/m1/s1. The Labute approximate surface area is 166 Å². The smallest absolute Gasteiger partial charge is 0.326 e. The molecule has 0 unspecified atom stereocenters. The molecular formula is C19H23N3O5S. The summed E-state index contributed by atoms with van der Waals surface area (Å²) >= 11 is 0.988. The first-order chi connectivity index (χ1) is 13.2. The van der Waals surface area contributed by atoms with Gasteiger partial charge in [-0.1, -0.05) is 29.5 Å². The Morgan fingerprint density at radius 2 is 1.82 bits per heavy atom. The van der Waals surface area contributed by atoms with Crippen LogP contribution in [0.4, 0.5) is 5.69 Å². The number of carbonyl (C=O) groups excluding carboxylic acids is 3. The van der Waals surface area contributed by atoms with Crippen molar-refractivity contribution in [3.63, 3.8) is 0 Å². The van der Waals surface area contributed by atoms with Gasteiger partial charge in [0, 0.05) is 16.8 Å². The summed E-state index contributed by atoms with van der Waals surface area (Å²) in [6.45, 7) is 6.35. The van der Waals surface area contributed by atoms with E-state index < -0.39 is 18.0 Å². The zero-order valence-electron chi connectivity index (χ0n) is 16.2. The molecule has 1 atom stereocenters. The molecule has 1 aromatic heterocycles. The van der Waals surface area contributed by atoms with Crippen LogP contribution in [0.15, 0.2) is 28.4 Å². The predicted octanol–water partition coefficient (Wildman–Crippen LogP) is 1.52. The van der Waals surface area contributed by atoms with E-state index in [0.29, 0.717) is 11.4 Å². The molecule has 1 aromatic carbocycles. The van der Waals surface area contributed by atoms with E-state index in [1.54, 1.807) is 12.3 Å². The third-order valence-corrected chi connectivity index (χ3v) is 4.99. The fourth-order valence-corrected chi connectivity index (χ4v) is 3.25. The van der Waals surface area contributed by atoms with E-state index in [1.165, 1.54) is 11.5 Å². The van der Waals surface area contributed by atoms with Crippen LogP contribution < -0.4 is 15.5 Å². The van der Waals surface area contributed by atoms with Gasteiger partial charge in [0.15, 0.2) is 6.10 Å². The average Bonchev–Trinajstić information content (AvgIpc) is 2.94. The number of ether oxygens (including phenoxy) is 1. The van der Waals surface area contributed by atoms with Crippen molar-refractivity contribution < 1.29 is 19.1 Å². The lowest BCUT2D eigenvalue weighted by Gasteiger charge is -2.15. The molecule has 2 N–H and O–H groups in total. The Kier molecular flexibility index (Phi) is 7.11. The molecule has 0 aliphatic heterocycles. The summed E-state index contributed by atoms with van der Waals surface area (Å²) < 4.78 is 6.32. The van der Waals surface area contributed by atoms with Crippen LogP contribution in [-0.2, 0) is 25.7 Å². The average molecular weight is 405 g/mol. The highest BCUT2D eigenvalue weighted by atomic mass is 32.1. The molecule has 2 rings (SSSR count). The minimum atomic E-state index is -1.09. The fraction of sp³-hybridized carbons (Fsp3) is 0.368. The molecule has 0 fully saturated rings. The van der Waals surface area contributed by atoms with Crippen molar-refractivity contribution in [1.29, 1.82) is 0 Å². The molecule has 0 bridgehead atoms. The van der Waals surface area contributed by atoms with Crippen LogP contribution in [0.5, 0.6) is 0 Å². The Morgan fingerprint density at radius 1 is 1.18 bits per heavy atom. The second-order valence-electron chi connectivity index (χ2n) is 6.39. The zero-order chi connectivity index (χ0) is 20.8. The second kappa shape index (κ2) is 9.32. The second-order valence-corrected chi connectivity index (χ2v) is 7.21. The lowest BCUT2D eigenvalue weighted by atomic mass is 10.1. The topological polar surface area (TPSA) is 106 Å². The summed E-state index contributed by atoms with van der Waals surface area (Å²) in [5.41, 5.74) is 3.19. The van der Waals surface area contributed by atoms with Gasteiger partial charge in [0.2, 0.25) is 5.91 Å². The van der Waals surface area contributed by atoms with Crippen LogP contribution in [0.2, 0.25) is 0 Å². The van der Waals surface area contributed by atoms with E-state index in [0.717, 1.165) is 22.5 Å². The third-order valence-electron chi connectivity index (χ3n) is 4.11. The van der Waals surface area contributed by atoms with Gasteiger partial charge in [0.05, 0.1) is 6.54 Å². The number of esters is 1. The monoisotopic (exact) mass is 405 g/mol. The number of hydrogen-bond donors (Lipinski definition) is 2. The van der Waals surface area contributed by atoms with Crippen molar-refractivity contribution in [2.24, 2.45) is 0 Å². The van der Waals surface area contributed by atoms with Crippen LogP contribution in [0, 0.1) is 20.8 Å². The lowest BCUT2D eigenvalue weighted by Crippen LogP contribution is -2.40. The first kappa shape index (κ1) is 21.4. The number of hydrogen-bond acceptors (Lipinski definition) is 6. The van der Waals surface area contributed by atoms with Gasteiger partial charge >= 0.3 is 10.8 Å². The molecule has 0 spiro atoms. The van der Waals surface area contributed by atoms with Gasteiger partial charge < -0.3 is 15.4 Å². The molecule has 8 nitrogen and oxygen atoms in total. The predicted molar refractivity (Wildman–Crippen MR) is 106 cm³/mol. The number of benzene rings is 1. The number of anilines is 1. The highest BCUT2D eigenvalue weighted by Crippen LogP contribution is 2.18. The largest absolute Gasteiger partial charge is 0.451 e. The molecule has 28 heavy (non-hydrogen) atoms. The van der Waals surface area contributed by atoms with Crippen LogP contribution in [0.3, 0.4) is 0 Å². The maximum absolute atomic E-state index is 12.1. The summed E-state index contributed by atoms with van der Waals surface area (Å²) in [6, 6.07) is 5.65. The van der Waals surface area contributed by atoms with Crippen molar-refractivity contribution in [3.05, 3.63) is 50.1 Å². The number of rotatable bonds is 7. The minimum Gasteiger partial charge on any atom is -0.451 e. The van der Waals surface area contributed by atoms with E-state index in [9.17, 15) is 19.2 Å². The number of aromatic nitrogens is 1. The lowest BCUT2D eigenvalue weighted by molar-refractivity contribution is -0.155. The van der Waals surface area contributed by atoms with Crippen molar-refractivity contribution in [2.45, 2.75) is 40.3 Å². The molecule has 9 heteroatoms. The molecule has 0 saturated heterocycles. The highest BCUT2D eigenvalue weighted by Gasteiger charge is 2.20. The van der Waals surface area contributed by atoms with Gasteiger partial charge in [-0.25, -0.2) is 0 Å². The molecule has 0 radical (unpaired) electrons. The molecule has 0 saturated carbocycles. The van der Waals surface area contributed by atoms with E-state index in [4.69, 9.17) is 4.74 Å². The van der Waals surface area contributed by atoms with Gasteiger partial charge in [0.25, 0.3) is 5.91 Å². The summed E-state index contributed by atoms with van der Waals surface area (Å²) in [6.07, 6.45) is -1.09. The molecular weight excluding hydrogens is 382 g/mol. The van der Waals surface area contributed by atoms with Gasteiger partial charge in [-0.05, 0) is 38.8 Å². The van der Waals surface area contributed by atoms with Gasteiger partial charge in [-0.2, -0.15) is 0 Å². The minimum absolute atomic E-state index is 0.252. The van der Waals surface area contributed by atoms with E-state index in [1.807, 2.05) is 32.0 Å². The summed E-state index contributed by atoms with van der Waals surface area (Å²) in [5.74, 6) is -1.68. The molecule has 150 valence electrons. The molecule has 0 aliphatic rings. The van der Waals surface area contributed by atoms with E-state index in [2.05, 4.69) is 10.6 Å². The van der Waals surface area contributed by atoms with Crippen LogP contribution in [0.1, 0.15) is 23.7 Å². The van der Waals surface area contributed by atoms with Crippen LogP contribution >= 0.6 is 11.3 Å². The van der Waals surface area contributed by atoms with Crippen molar-refractivity contribution in [3.8, 4) is 0 Å². The third kappa shape index (κ3) is 5.53. The molecule has 0 aliphatic carbocycles. The van der Waals surface area contributed by atoms with Crippen molar-refractivity contribution in [1.82, 2.24) is 9.88 Å². The number of para-hydroxylation sites is 1.